The quantitative estimate of drug-likeness (QED) is 0.785. The summed E-state index contributed by atoms with van der Waals surface area (Å²) in [6, 6.07) is 1.53. The summed E-state index contributed by atoms with van der Waals surface area (Å²) in [5.41, 5.74) is 0.518. The molecule has 1 heterocycles. The number of hydrogen-bond acceptors (Lipinski definition) is 2. The fourth-order valence-corrected chi connectivity index (χ4v) is 1.15. The highest BCUT2D eigenvalue weighted by molar-refractivity contribution is 4.97. The zero-order chi connectivity index (χ0) is 12.2. The molecule has 0 fully saturated rings. The molecule has 0 spiro atoms. The summed E-state index contributed by atoms with van der Waals surface area (Å²) < 4.78 is 42.2. The van der Waals surface area contributed by atoms with Crippen LogP contribution in [0.1, 0.15) is 19.5 Å². The lowest BCUT2D eigenvalue weighted by molar-refractivity contribution is -0.142. The molecule has 0 aliphatic rings. The largest absolute Gasteiger partial charge is 0.408 e. The number of ether oxygens (including phenoxy) is 1. The summed E-state index contributed by atoms with van der Waals surface area (Å²) in [6.45, 7) is 3.77. The maximum Gasteiger partial charge on any atom is 0.408 e. The van der Waals surface area contributed by atoms with Crippen molar-refractivity contribution in [2.24, 2.45) is 5.92 Å². The number of aromatic nitrogens is 2. The Balaban J connectivity index is 2.40. The van der Waals surface area contributed by atoms with E-state index in [1.54, 1.807) is 0 Å². The van der Waals surface area contributed by atoms with E-state index >= 15 is 0 Å². The van der Waals surface area contributed by atoms with Gasteiger partial charge >= 0.3 is 6.18 Å². The molecule has 0 aromatic carbocycles. The summed E-state index contributed by atoms with van der Waals surface area (Å²) in [6.07, 6.45) is -2.93. The number of hydrogen-bond donors (Lipinski definition) is 0. The SMILES string of the molecule is CC(C)COCc1ccn(CC(F)(F)F)n1. The smallest absolute Gasteiger partial charge is 0.375 e. The average Bonchev–Trinajstić information content (AvgIpc) is 2.48. The van der Waals surface area contributed by atoms with Crippen molar-refractivity contribution < 1.29 is 17.9 Å². The van der Waals surface area contributed by atoms with Gasteiger partial charge in [0.15, 0.2) is 0 Å². The molecular formula is C10H15F3N2O. The van der Waals surface area contributed by atoms with Crippen LogP contribution in [-0.2, 0) is 17.9 Å². The molecule has 0 atom stereocenters. The van der Waals surface area contributed by atoms with E-state index in [-0.39, 0.29) is 6.61 Å². The molecule has 0 saturated carbocycles. The van der Waals surface area contributed by atoms with Crippen LogP contribution in [-0.4, -0.2) is 22.6 Å². The van der Waals surface area contributed by atoms with Crippen molar-refractivity contribution in [2.45, 2.75) is 33.2 Å². The van der Waals surface area contributed by atoms with Crippen molar-refractivity contribution in [2.75, 3.05) is 6.61 Å². The van der Waals surface area contributed by atoms with Crippen LogP contribution < -0.4 is 0 Å². The molecular weight excluding hydrogens is 221 g/mol. The van der Waals surface area contributed by atoms with Crippen LogP contribution in [0.4, 0.5) is 13.2 Å². The standard InChI is InChI=1S/C10H15F3N2O/c1-8(2)5-16-6-9-3-4-15(14-9)7-10(11,12)13/h3-4,8H,5-7H2,1-2H3. The zero-order valence-corrected chi connectivity index (χ0v) is 9.29. The first-order chi connectivity index (χ1) is 7.37. The molecule has 0 bridgehead atoms. The third-order valence-corrected chi connectivity index (χ3v) is 1.74. The van der Waals surface area contributed by atoms with E-state index in [4.69, 9.17) is 4.74 Å². The molecule has 1 aromatic heterocycles. The Morgan fingerprint density at radius 1 is 1.44 bits per heavy atom. The molecule has 3 nitrogen and oxygen atoms in total. The van der Waals surface area contributed by atoms with E-state index in [0.29, 0.717) is 18.2 Å². The second-order valence-corrected chi connectivity index (χ2v) is 4.03. The highest BCUT2D eigenvalue weighted by Gasteiger charge is 2.28. The maximum absolute atomic E-state index is 12.0. The summed E-state index contributed by atoms with van der Waals surface area (Å²) in [4.78, 5) is 0. The van der Waals surface area contributed by atoms with Crippen molar-refractivity contribution in [1.82, 2.24) is 9.78 Å². The first-order valence-electron chi connectivity index (χ1n) is 5.03. The second kappa shape index (κ2) is 5.34. The van der Waals surface area contributed by atoms with E-state index in [1.807, 2.05) is 13.8 Å². The highest BCUT2D eigenvalue weighted by atomic mass is 19.4. The minimum Gasteiger partial charge on any atom is -0.375 e. The molecule has 1 aromatic rings. The van der Waals surface area contributed by atoms with Gasteiger partial charge < -0.3 is 4.74 Å². The first-order valence-corrected chi connectivity index (χ1v) is 5.03. The molecule has 0 amide bonds. The predicted octanol–water partition coefficient (Wildman–Crippen LogP) is 2.62. The Morgan fingerprint density at radius 2 is 2.12 bits per heavy atom. The van der Waals surface area contributed by atoms with Gasteiger partial charge in [-0.2, -0.15) is 18.3 Å². The number of alkyl halides is 3. The lowest BCUT2D eigenvalue weighted by atomic mass is 10.2. The van der Waals surface area contributed by atoms with Gasteiger partial charge in [0.25, 0.3) is 0 Å². The molecule has 0 aliphatic heterocycles. The summed E-state index contributed by atoms with van der Waals surface area (Å²) in [5.74, 6) is 0.400. The molecule has 0 radical (unpaired) electrons. The number of rotatable bonds is 5. The van der Waals surface area contributed by atoms with Crippen molar-refractivity contribution in [3.05, 3.63) is 18.0 Å². The van der Waals surface area contributed by atoms with Crippen LogP contribution in [0.3, 0.4) is 0 Å². The molecule has 0 aliphatic carbocycles. The monoisotopic (exact) mass is 236 g/mol. The summed E-state index contributed by atoms with van der Waals surface area (Å²) in [7, 11) is 0. The molecule has 0 unspecified atom stereocenters. The van der Waals surface area contributed by atoms with Crippen molar-refractivity contribution in [3.63, 3.8) is 0 Å². The predicted molar refractivity (Wildman–Crippen MR) is 52.8 cm³/mol. The van der Waals surface area contributed by atoms with Crippen LogP contribution in [0.15, 0.2) is 12.3 Å². The fourth-order valence-electron chi connectivity index (χ4n) is 1.15. The summed E-state index contributed by atoms with van der Waals surface area (Å²) in [5, 5.41) is 3.76. The molecule has 0 saturated heterocycles. The minimum absolute atomic E-state index is 0.253. The molecule has 1 rings (SSSR count). The van der Waals surface area contributed by atoms with Crippen LogP contribution in [0, 0.1) is 5.92 Å². The maximum atomic E-state index is 12.0. The van der Waals surface area contributed by atoms with E-state index in [9.17, 15) is 13.2 Å². The molecule has 92 valence electrons. The Bertz CT molecular complexity index is 320. The van der Waals surface area contributed by atoms with E-state index in [0.717, 1.165) is 4.68 Å². The van der Waals surface area contributed by atoms with Gasteiger partial charge in [0.1, 0.15) is 6.54 Å². The van der Waals surface area contributed by atoms with E-state index < -0.39 is 12.7 Å². The van der Waals surface area contributed by atoms with Gasteiger partial charge in [-0.15, -0.1) is 0 Å². The van der Waals surface area contributed by atoms with Crippen LogP contribution in [0.5, 0.6) is 0 Å². The Labute approximate surface area is 92.2 Å². The van der Waals surface area contributed by atoms with Crippen LogP contribution >= 0.6 is 0 Å². The second-order valence-electron chi connectivity index (χ2n) is 4.03. The number of halogens is 3. The van der Waals surface area contributed by atoms with Gasteiger partial charge in [-0.1, -0.05) is 13.8 Å². The van der Waals surface area contributed by atoms with Crippen molar-refractivity contribution in [3.8, 4) is 0 Å². The highest BCUT2D eigenvalue weighted by Crippen LogP contribution is 2.17. The lowest BCUT2D eigenvalue weighted by Gasteiger charge is -2.06. The van der Waals surface area contributed by atoms with Gasteiger partial charge in [-0.3, -0.25) is 4.68 Å². The van der Waals surface area contributed by atoms with Crippen LogP contribution in [0.25, 0.3) is 0 Å². The Hall–Kier alpha value is -1.04. The first kappa shape index (κ1) is 13.0. The lowest BCUT2D eigenvalue weighted by Crippen LogP contribution is -2.18. The molecule has 0 N–H and O–H groups in total. The van der Waals surface area contributed by atoms with Crippen molar-refractivity contribution in [1.29, 1.82) is 0 Å². The summed E-state index contributed by atoms with van der Waals surface area (Å²) >= 11 is 0. The van der Waals surface area contributed by atoms with Gasteiger partial charge in [0.05, 0.1) is 12.3 Å². The fraction of sp³-hybridized carbons (Fsp3) is 0.700. The zero-order valence-electron chi connectivity index (χ0n) is 9.29. The van der Waals surface area contributed by atoms with E-state index in [1.165, 1.54) is 12.3 Å². The van der Waals surface area contributed by atoms with Crippen molar-refractivity contribution >= 4 is 0 Å². The average molecular weight is 236 g/mol. The van der Waals surface area contributed by atoms with Gasteiger partial charge in [0.2, 0.25) is 0 Å². The molecule has 6 heteroatoms. The number of nitrogens with zero attached hydrogens (tertiary/aromatic N) is 2. The Morgan fingerprint density at radius 3 is 2.69 bits per heavy atom. The topological polar surface area (TPSA) is 27.1 Å². The molecule has 16 heavy (non-hydrogen) atoms. The van der Waals surface area contributed by atoms with Gasteiger partial charge in [-0.25, -0.2) is 0 Å². The normalized spacial score (nSPS) is 12.4. The Kier molecular flexibility index (Phi) is 4.35. The third kappa shape index (κ3) is 5.16. The van der Waals surface area contributed by atoms with E-state index in [2.05, 4.69) is 5.10 Å². The van der Waals surface area contributed by atoms with Crippen LogP contribution in [0.2, 0.25) is 0 Å². The van der Waals surface area contributed by atoms with Gasteiger partial charge in [0, 0.05) is 12.8 Å². The van der Waals surface area contributed by atoms with Gasteiger partial charge in [-0.05, 0) is 12.0 Å². The minimum atomic E-state index is -4.23. The third-order valence-electron chi connectivity index (χ3n) is 1.74.